The van der Waals surface area contributed by atoms with Crippen molar-refractivity contribution in [1.82, 2.24) is 19.4 Å². The van der Waals surface area contributed by atoms with E-state index in [4.69, 9.17) is 9.97 Å². The van der Waals surface area contributed by atoms with Gasteiger partial charge in [0.15, 0.2) is 5.65 Å². The van der Waals surface area contributed by atoms with Gasteiger partial charge in [0.2, 0.25) is 5.95 Å². The summed E-state index contributed by atoms with van der Waals surface area (Å²) in [6, 6.07) is 14.6. The predicted molar refractivity (Wildman–Crippen MR) is 111 cm³/mol. The highest BCUT2D eigenvalue weighted by Gasteiger charge is 2.14. The molecular formula is C22H29N5. The van der Waals surface area contributed by atoms with Crippen LogP contribution >= 0.6 is 0 Å². The van der Waals surface area contributed by atoms with E-state index in [-0.39, 0.29) is 0 Å². The average molecular weight is 364 g/mol. The predicted octanol–water partition coefficient (Wildman–Crippen LogP) is 4.23. The summed E-state index contributed by atoms with van der Waals surface area (Å²) in [7, 11) is 0. The Balaban J connectivity index is 1.49. The summed E-state index contributed by atoms with van der Waals surface area (Å²) in [5.41, 5.74) is 4.25. The minimum Gasteiger partial charge on any atom is -0.352 e. The average Bonchev–Trinajstić information content (AvgIpc) is 3.05. The Labute approximate surface area is 161 Å². The number of piperidine rings is 1. The topological polar surface area (TPSA) is 46.0 Å². The summed E-state index contributed by atoms with van der Waals surface area (Å²) in [5, 5.41) is 3.53. The zero-order valence-electron chi connectivity index (χ0n) is 16.2. The number of fused-ring (bicyclic) bond motifs is 1. The first kappa shape index (κ1) is 18.0. The maximum absolute atomic E-state index is 4.81. The van der Waals surface area contributed by atoms with E-state index in [1.54, 1.807) is 0 Å². The minimum absolute atomic E-state index is 0.773. The van der Waals surface area contributed by atoms with Crippen LogP contribution in [-0.2, 0) is 13.1 Å². The van der Waals surface area contributed by atoms with Gasteiger partial charge in [-0.15, -0.1) is 0 Å². The van der Waals surface area contributed by atoms with Crippen molar-refractivity contribution >= 4 is 17.1 Å². The SMILES string of the molecule is Cc1ccc2nc(NCc3ccccc3)n(CCCN3CCCCC3)c2n1. The number of nitrogens with one attached hydrogen (secondary N) is 1. The van der Waals surface area contributed by atoms with Gasteiger partial charge in [0.1, 0.15) is 5.52 Å². The number of hydrogen-bond acceptors (Lipinski definition) is 4. The number of nitrogens with zero attached hydrogens (tertiary/aromatic N) is 4. The van der Waals surface area contributed by atoms with Gasteiger partial charge >= 0.3 is 0 Å². The molecule has 5 heteroatoms. The Hall–Kier alpha value is -2.40. The molecule has 0 atom stereocenters. The van der Waals surface area contributed by atoms with Crippen molar-refractivity contribution in [3.63, 3.8) is 0 Å². The second kappa shape index (κ2) is 8.53. The van der Waals surface area contributed by atoms with E-state index in [9.17, 15) is 0 Å². The summed E-state index contributed by atoms with van der Waals surface area (Å²) in [6.07, 6.45) is 5.21. The maximum atomic E-state index is 4.81. The van der Waals surface area contributed by atoms with E-state index in [1.165, 1.54) is 37.9 Å². The van der Waals surface area contributed by atoms with Gasteiger partial charge in [0.05, 0.1) is 0 Å². The Morgan fingerprint density at radius 1 is 0.926 bits per heavy atom. The summed E-state index contributed by atoms with van der Waals surface area (Å²) < 4.78 is 2.26. The lowest BCUT2D eigenvalue weighted by Gasteiger charge is -2.26. The van der Waals surface area contributed by atoms with Crippen LogP contribution in [0.3, 0.4) is 0 Å². The Bertz CT molecular complexity index is 865. The highest BCUT2D eigenvalue weighted by molar-refractivity contribution is 5.74. The van der Waals surface area contributed by atoms with Crippen molar-refractivity contribution in [3.8, 4) is 0 Å². The largest absolute Gasteiger partial charge is 0.352 e. The van der Waals surface area contributed by atoms with Crippen LogP contribution in [-0.4, -0.2) is 39.1 Å². The van der Waals surface area contributed by atoms with Crippen LogP contribution in [0.1, 0.15) is 36.9 Å². The molecular weight excluding hydrogens is 334 g/mol. The molecule has 1 aromatic carbocycles. The lowest BCUT2D eigenvalue weighted by atomic mass is 10.1. The lowest BCUT2D eigenvalue weighted by Crippen LogP contribution is -2.31. The fourth-order valence-electron chi connectivity index (χ4n) is 3.86. The van der Waals surface area contributed by atoms with Gasteiger partial charge in [0, 0.05) is 18.8 Å². The molecule has 3 heterocycles. The van der Waals surface area contributed by atoms with Crippen molar-refractivity contribution < 1.29 is 0 Å². The van der Waals surface area contributed by atoms with Gasteiger partial charge in [-0.25, -0.2) is 9.97 Å². The molecule has 1 saturated heterocycles. The number of aryl methyl sites for hydroxylation is 2. The number of anilines is 1. The van der Waals surface area contributed by atoms with Crippen molar-refractivity contribution in [2.24, 2.45) is 0 Å². The number of likely N-dealkylation sites (tertiary alicyclic amines) is 1. The number of aromatic nitrogens is 3. The summed E-state index contributed by atoms with van der Waals surface area (Å²) in [4.78, 5) is 12.2. The van der Waals surface area contributed by atoms with Crippen LogP contribution in [0.5, 0.6) is 0 Å². The van der Waals surface area contributed by atoms with E-state index in [0.717, 1.165) is 48.9 Å². The Kier molecular flexibility index (Phi) is 5.68. The van der Waals surface area contributed by atoms with Gasteiger partial charge in [-0.05, 0) is 63.5 Å². The lowest BCUT2D eigenvalue weighted by molar-refractivity contribution is 0.223. The number of pyridine rings is 1. The van der Waals surface area contributed by atoms with Gasteiger partial charge in [-0.3, -0.25) is 4.57 Å². The highest BCUT2D eigenvalue weighted by Crippen LogP contribution is 2.20. The molecule has 1 fully saturated rings. The maximum Gasteiger partial charge on any atom is 0.205 e. The van der Waals surface area contributed by atoms with Crippen molar-refractivity contribution in [2.75, 3.05) is 25.0 Å². The zero-order valence-corrected chi connectivity index (χ0v) is 16.2. The molecule has 2 aromatic heterocycles. The van der Waals surface area contributed by atoms with Gasteiger partial charge in [0.25, 0.3) is 0 Å². The highest BCUT2D eigenvalue weighted by atomic mass is 15.2. The molecule has 0 bridgehead atoms. The number of benzene rings is 1. The van der Waals surface area contributed by atoms with Crippen LogP contribution in [0.2, 0.25) is 0 Å². The molecule has 0 spiro atoms. The van der Waals surface area contributed by atoms with E-state index in [2.05, 4.69) is 45.1 Å². The molecule has 0 unspecified atom stereocenters. The fraction of sp³-hybridized carbons (Fsp3) is 0.455. The van der Waals surface area contributed by atoms with Crippen molar-refractivity contribution in [3.05, 3.63) is 53.7 Å². The van der Waals surface area contributed by atoms with Gasteiger partial charge in [-0.2, -0.15) is 0 Å². The van der Waals surface area contributed by atoms with Crippen LogP contribution in [0.4, 0.5) is 5.95 Å². The molecule has 27 heavy (non-hydrogen) atoms. The van der Waals surface area contributed by atoms with Gasteiger partial charge < -0.3 is 10.2 Å². The molecule has 0 amide bonds. The zero-order chi connectivity index (χ0) is 18.5. The van der Waals surface area contributed by atoms with Gasteiger partial charge in [-0.1, -0.05) is 36.8 Å². The minimum atomic E-state index is 0.773. The van der Waals surface area contributed by atoms with Crippen molar-refractivity contribution in [1.29, 1.82) is 0 Å². The molecule has 142 valence electrons. The van der Waals surface area contributed by atoms with Crippen LogP contribution in [0.25, 0.3) is 11.2 Å². The third kappa shape index (κ3) is 4.48. The van der Waals surface area contributed by atoms with E-state index in [0.29, 0.717) is 0 Å². The summed E-state index contributed by atoms with van der Waals surface area (Å²) in [6.45, 7) is 7.42. The van der Waals surface area contributed by atoms with E-state index in [1.807, 2.05) is 19.1 Å². The molecule has 0 aliphatic carbocycles. The molecule has 0 saturated carbocycles. The molecule has 0 radical (unpaired) electrons. The smallest absolute Gasteiger partial charge is 0.205 e. The first-order valence-corrected chi connectivity index (χ1v) is 10.1. The van der Waals surface area contributed by atoms with Crippen LogP contribution < -0.4 is 5.32 Å². The fourth-order valence-corrected chi connectivity index (χ4v) is 3.86. The quantitative estimate of drug-likeness (QED) is 0.682. The number of hydrogen-bond donors (Lipinski definition) is 1. The van der Waals surface area contributed by atoms with Crippen molar-refractivity contribution in [2.45, 2.75) is 45.7 Å². The Morgan fingerprint density at radius 3 is 2.56 bits per heavy atom. The molecule has 1 aliphatic heterocycles. The second-order valence-electron chi connectivity index (χ2n) is 7.48. The normalized spacial score (nSPS) is 15.3. The molecule has 3 aromatic rings. The Morgan fingerprint density at radius 2 is 1.74 bits per heavy atom. The first-order chi connectivity index (χ1) is 13.3. The van der Waals surface area contributed by atoms with E-state index < -0.39 is 0 Å². The summed E-state index contributed by atoms with van der Waals surface area (Å²) >= 11 is 0. The van der Waals surface area contributed by atoms with Crippen LogP contribution in [0, 0.1) is 6.92 Å². The third-order valence-corrected chi connectivity index (χ3v) is 5.33. The number of rotatable bonds is 7. The second-order valence-corrected chi connectivity index (χ2v) is 7.48. The van der Waals surface area contributed by atoms with E-state index >= 15 is 0 Å². The first-order valence-electron chi connectivity index (χ1n) is 10.1. The standard InChI is InChI=1S/C22H29N5/c1-18-11-12-20-21(24-18)27(16-8-15-26-13-6-3-7-14-26)22(25-20)23-17-19-9-4-2-5-10-19/h2,4-5,9-12H,3,6-8,13-17H2,1H3,(H,23,25). The molecule has 1 N–H and O–H groups in total. The van der Waals surface area contributed by atoms with Crippen LogP contribution in [0.15, 0.2) is 42.5 Å². The molecule has 4 rings (SSSR count). The molecule has 5 nitrogen and oxygen atoms in total. The monoisotopic (exact) mass is 363 g/mol. The number of imidazole rings is 1. The summed E-state index contributed by atoms with van der Waals surface area (Å²) in [5.74, 6) is 0.922. The third-order valence-electron chi connectivity index (χ3n) is 5.33. The molecule has 1 aliphatic rings.